The molecule has 2 N–H and O–H groups in total. The van der Waals surface area contributed by atoms with Gasteiger partial charge in [0.15, 0.2) is 0 Å². The van der Waals surface area contributed by atoms with Crippen molar-refractivity contribution in [3.05, 3.63) is 0 Å². The summed E-state index contributed by atoms with van der Waals surface area (Å²) in [6.45, 7) is 8.34. The predicted molar refractivity (Wildman–Crippen MR) is 69.1 cm³/mol. The van der Waals surface area contributed by atoms with E-state index in [4.69, 9.17) is 4.74 Å². The Morgan fingerprint density at radius 3 is 2.44 bits per heavy atom. The van der Waals surface area contributed by atoms with Gasteiger partial charge in [-0.25, -0.2) is 0 Å². The van der Waals surface area contributed by atoms with E-state index in [1.54, 1.807) is 6.92 Å². The van der Waals surface area contributed by atoms with Crippen LogP contribution in [0.1, 0.15) is 53.4 Å². The van der Waals surface area contributed by atoms with Crippen LogP contribution >= 0.6 is 0 Å². The van der Waals surface area contributed by atoms with Crippen LogP contribution in [0.3, 0.4) is 0 Å². The summed E-state index contributed by atoms with van der Waals surface area (Å²) in [5.41, 5.74) is -2.24. The molecule has 1 saturated heterocycles. The molecule has 0 radical (unpaired) electrons. The van der Waals surface area contributed by atoms with E-state index < -0.39 is 11.2 Å². The number of rotatable bonds is 1. The van der Waals surface area contributed by atoms with Crippen LogP contribution in [0.5, 0.6) is 0 Å². The molecule has 1 aliphatic heterocycles. The van der Waals surface area contributed by atoms with Gasteiger partial charge in [-0.3, -0.25) is 0 Å². The molecule has 3 nitrogen and oxygen atoms in total. The largest absolute Gasteiger partial charge is 0.387 e. The average molecular weight is 254 g/mol. The van der Waals surface area contributed by atoms with E-state index in [1.165, 1.54) is 0 Å². The van der Waals surface area contributed by atoms with Gasteiger partial charge in [0.2, 0.25) is 0 Å². The van der Waals surface area contributed by atoms with Crippen molar-refractivity contribution >= 4 is 0 Å². The van der Waals surface area contributed by atoms with Gasteiger partial charge in [0.1, 0.15) is 17.3 Å². The van der Waals surface area contributed by atoms with Crippen molar-refractivity contribution in [2.24, 2.45) is 17.8 Å². The Morgan fingerprint density at radius 1 is 1.17 bits per heavy atom. The molecular weight excluding hydrogens is 228 g/mol. The van der Waals surface area contributed by atoms with Gasteiger partial charge in [0.25, 0.3) is 0 Å². The molecule has 2 saturated carbocycles. The molecule has 3 aliphatic rings. The second-order valence-electron chi connectivity index (χ2n) is 7.37. The predicted octanol–water partition coefficient (Wildman–Crippen LogP) is 2.10. The summed E-state index contributed by atoms with van der Waals surface area (Å²) in [7, 11) is 0. The Balaban J connectivity index is 2.03. The molecule has 3 fully saturated rings. The zero-order valence-corrected chi connectivity index (χ0v) is 11.9. The molecule has 0 bridgehead atoms. The lowest BCUT2D eigenvalue weighted by atomic mass is 9.72. The van der Waals surface area contributed by atoms with E-state index in [0.717, 1.165) is 19.3 Å². The maximum absolute atomic E-state index is 11.2. The average Bonchev–Trinajstić information content (AvgIpc) is 2.96. The summed E-state index contributed by atoms with van der Waals surface area (Å²) in [4.78, 5) is 0. The molecule has 0 aromatic rings. The lowest BCUT2D eigenvalue weighted by molar-refractivity contribution is -0.160. The van der Waals surface area contributed by atoms with Crippen molar-refractivity contribution in [1.29, 1.82) is 0 Å². The molecule has 104 valence electrons. The Labute approximate surface area is 110 Å². The van der Waals surface area contributed by atoms with Gasteiger partial charge in [-0.05, 0) is 50.4 Å². The minimum Gasteiger partial charge on any atom is -0.387 e. The molecule has 1 unspecified atom stereocenters. The number of hydrogen-bond donors (Lipinski definition) is 2. The number of ether oxygens (including phenoxy) is 1. The summed E-state index contributed by atoms with van der Waals surface area (Å²) >= 11 is 0. The molecule has 0 aromatic heterocycles. The third kappa shape index (κ3) is 1.31. The molecule has 2 aliphatic carbocycles. The van der Waals surface area contributed by atoms with Crippen LogP contribution in [0.4, 0.5) is 0 Å². The molecule has 0 spiro atoms. The Hall–Kier alpha value is -0.120. The summed E-state index contributed by atoms with van der Waals surface area (Å²) in [6.07, 6.45) is 3.55. The summed E-state index contributed by atoms with van der Waals surface area (Å²) in [6, 6.07) is 0. The van der Waals surface area contributed by atoms with Gasteiger partial charge in [-0.1, -0.05) is 20.8 Å². The van der Waals surface area contributed by atoms with Crippen LogP contribution in [0.15, 0.2) is 0 Å². The molecular formula is C15H26O3. The first-order chi connectivity index (χ1) is 8.26. The van der Waals surface area contributed by atoms with Crippen LogP contribution < -0.4 is 0 Å². The fraction of sp³-hybridized carbons (Fsp3) is 1.00. The van der Waals surface area contributed by atoms with Gasteiger partial charge in [-0.2, -0.15) is 0 Å². The van der Waals surface area contributed by atoms with Gasteiger partial charge in [0, 0.05) is 0 Å². The first-order valence-corrected chi connectivity index (χ1v) is 7.38. The highest BCUT2D eigenvalue weighted by molar-refractivity contribution is 5.25. The summed E-state index contributed by atoms with van der Waals surface area (Å²) < 4.78 is 6.00. The molecule has 18 heavy (non-hydrogen) atoms. The van der Waals surface area contributed by atoms with Gasteiger partial charge in [0.05, 0.1) is 5.60 Å². The normalized spacial score (nSPS) is 59.2. The maximum atomic E-state index is 11.2. The zero-order valence-electron chi connectivity index (χ0n) is 11.9. The highest BCUT2D eigenvalue weighted by Crippen LogP contribution is 2.64. The second kappa shape index (κ2) is 3.50. The van der Waals surface area contributed by atoms with Crippen molar-refractivity contribution in [3.8, 4) is 0 Å². The number of aliphatic hydroxyl groups is 2. The summed E-state index contributed by atoms with van der Waals surface area (Å²) in [5.74, 6) is 1.05. The third-order valence-corrected chi connectivity index (χ3v) is 6.15. The van der Waals surface area contributed by atoms with E-state index >= 15 is 0 Å². The fourth-order valence-electron chi connectivity index (χ4n) is 4.67. The maximum Gasteiger partial charge on any atom is 0.125 e. The Kier molecular flexibility index (Phi) is 2.51. The molecule has 1 heterocycles. The van der Waals surface area contributed by atoms with E-state index in [9.17, 15) is 10.2 Å². The number of hydrogen-bond acceptors (Lipinski definition) is 3. The van der Waals surface area contributed by atoms with Crippen LogP contribution in [-0.2, 0) is 4.74 Å². The summed E-state index contributed by atoms with van der Waals surface area (Å²) in [5, 5.41) is 21.9. The van der Waals surface area contributed by atoms with Crippen LogP contribution in [0, 0.1) is 17.8 Å². The molecule has 0 aromatic carbocycles. The second-order valence-corrected chi connectivity index (χ2v) is 7.37. The minimum atomic E-state index is -1.05. The first-order valence-electron chi connectivity index (χ1n) is 7.38. The van der Waals surface area contributed by atoms with E-state index in [-0.39, 0.29) is 17.6 Å². The van der Waals surface area contributed by atoms with Crippen molar-refractivity contribution in [2.45, 2.75) is 76.3 Å². The van der Waals surface area contributed by atoms with Crippen LogP contribution in [-0.4, -0.2) is 33.1 Å². The monoisotopic (exact) mass is 254 g/mol. The van der Waals surface area contributed by atoms with Gasteiger partial charge < -0.3 is 14.9 Å². The fourth-order valence-corrected chi connectivity index (χ4v) is 4.67. The number of fused-ring (bicyclic) bond motifs is 3. The molecule has 0 amide bonds. The lowest BCUT2D eigenvalue weighted by Gasteiger charge is -2.40. The number of epoxide rings is 1. The zero-order chi connectivity index (χ0) is 13.3. The lowest BCUT2D eigenvalue weighted by Crippen LogP contribution is -2.58. The van der Waals surface area contributed by atoms with Crippen LogP contribution in [0.25, 0.3) is 0 Å². The third-order valence-electron chi connectivity index (χ3n) is 6.15. The highest BCUT2D eigenvalue weighted by Gasteiger charge is 2.76. The van der Waals surface area contributed by atoms with E-state index in [0.29, 0.717) is 18.3 Å². The molecule has 6 atom stereocenters. The minimum absolute atomic E-state index is 0.169. The Bertz CT molecular complexity index is 365. The molecule has 3 heteroatoms. The molecule has 3 rings (SSSR count). The van der Waals surface area contributed by atoms with E-state index in [2.05, 4.69) is 20.8 Å². The van der Waals surface area contributed by atoms with Gasteiger partial charge in [-0.15, -0.1) is 0 Å². The van der Waals surface area contributed by atoms with Gasteiger partial charge >= 0.3 is 0 Å². The van der Waals surface area contributed by atoms with Crippen molar-refractivity contribution in [3.63, 3.8) is 0 Å². The van der Waals surface area contributed by atoms with Crippen molar-refractivity contribution in [2.75, 3.05) is 0 Å². The van der Waals surface area contributed by atoms with E-state index in [1.807, 2.05) is 0 Å². The SMILES string of the molecule is CC(C)[C@@]12CC[C@H](C)[C@@H]3CC[C@](C)(O)C3(O)[C@@H]1O2. The quantitative estimate of drug-likeness (QED) is 0.705. The Morgan fingerprint density at radius 2 is 1.83 bits per heavy atom. The van der Waals surface area contributed by atoms with Crippen LogP contribution in [0.2, 0.25) is 0 Å². The van der Waals surface area contributed by atoms with Crippen molar-refractivity contribution in [1.82, 2.24) is 0 Å². The topological polar surface area (TPSA) is 53.0 Å². The smallest absolute Gasteiger partial charge is 0.125 e. The highest BCUT2D eigenvalue weighted by atomic mass is 16.6. The standard InChI is InChI=1S/C15H26O3/c1-9(2)14-8-5-10(3)11-6-7-13(4,16)15(11,17)12(14)18-14/h9-12,16-17H,5-8H2,1-4H3/t10-,11-,12+,13-,14-,15?/m0/s1. The first kappa shape index (κ1) is 12.9. The van der Waals surface area contributed by atoms with Crippen molar-refractivity contribution < 1.29 is 14.9 Å².